The topological polar surface area (TPSA) is 91.8 Å². The molecule has 1 aromatic heterocycles. The summed E-state index contributed by atoms with van der Waals surface area (Å²) in [6.45, 7) is 1.78. The number of rotatable bonds is 2. The Hall–Kier alpha value is -2.94. The van der Waals surface area contributed by atoms with Gasteiger partial charge in [-0.25, -0.2) is 9.37 Å². The van der Waals surface area contributed by atoms with E-state index in [9.17, 15) is 9.18 Å². The third-order valence-electron chi connectivity index (χ3n) is 2.74. The standard InChI is InChI=1S/C14H11FN4O/c1-8-2-3-9(6-16)4-12(8)19-14(20)11-5-10(15)7-18-13(11)17/h2-5,7H,1H3,(H2,17,18)(H,19,20). The van der Waals surface area contributed by atoms with E-state index in [1.54, 1.807) is 19.1 Å². The van der Waals surface area contributed by atoms with Gasteiger partial charge < -0.3 is 11.1 Å². The van der Waals surface area contributed by atoms with Crippen molar-refractivity contribution in [1.29, 1.82) is 5.26 Å². The molecule has 0 atom stereocenters. The molecule has 0 fully saturated rings. The van der Waals surface area contributed by atoms with Crippen LogP contribution in [0.1, 0.15) is 21.5 Å². The number of carbonyl (C=O) groups is 1. The second kappa shape index (κ2) is 5.36. The first-order valence-corrected chi connectivity index (χ1v) is 5.74. The van der Waals surface area contributed by atoms with E-state index in [-0.39, 0.29) is 11.4 Å². The number of carbonyl (C=O) groups excluding carboxylic acids is 1. The highest BCUT2D eigenvalue weighted by molar-refractivity contribution is 6.07. The summed E-state index contributed by atoms with van der Waals surface area (Å²) >= 11 is 0. The normalized spacial score (nSPS) is 9.85. The number of hydrogen-bond donors (Lipinski definition) is 2. The van der Waals surface area contributed by atoms with Gasteiger partial charge in [-0.2, -0.15) is 5.26 Å². The number of aromatic nitrogens is 1. The number of halogens is 1. The Balaban J connectivity index is 2.33. The van der Waals surface area contributed by atoms with Gasteiger partial charge in [0.05, 0.1) is 23.4 Å². The minimum absolute atomic E-state index is 0.0493. The van der Waals surface area contributed by atoms with Crippen LogP contribution >= 0.6 is 0 Å². The largest absolute Gasteiger partial charge is 0.383 e. The number of benzene rings is 1. The van der Waals surface area contributed by atoms with E-state index in [1.807, 2.05) is 6.07 Å². The lowest BCUT2D eigenvalue weighted by Crippen LogP contribution is -2.16. The SMILES string of the molecule is Cc1ccc(C#N)cc1NC(=O)c1cc(F)cnc1N. The summed E-state index contributed by atoms with van der Waals surface area (Å²) in [5.74, 6) is -1.28. The molecule has 0 aliphatic carbocycles. The molecular formula is C14H11FN4O. The molecule has 100 valence electrons. The molecule has 0 bridgehead atoms. The molecule has 0 saturated heterocycles. The van der Waals surface area contributed by atoms with E-state index in [1.165, 1.54) is 6.07 Å². The van der Waals surface area contributed by atoms with Crippen LogP contribution in [-0.4, -0.2) is 10.9 Å². The molecule has 1 aromatic carbocycles. The number of hydrogen-bond acceptors (Lipinski definition) is 4. The zero-order valence-corrected chi connectivity index (χ0v) is 10.6. The number of nitriles is 1. The summed E-state index contributed by atoms with van der Waals surface area (Å²) in [5.41, 5.74) is 7.16. The number of nitrogen functional groups attached to an aromatic ring is 1. The van der Waals surface area contributed by atoms with Crippen molar-refractivity contribution in [2.24, 2.45) is 0 Å². The van der Waals surface area contributed by atoms with E-state index in [4.69, 9.17) is 11.0 Å². The summed E-state index contributed by atoms with van der Waals surface area (Å²) in [5, 5.41) is 11.4. The highest BCUT2D eigenvalue weighted by atomic mass is 19.1. The molecule has 0 aliphatic heterocycles. The minimum Gasteiger partial charge on any atom is -0.383 e. The zero-order valence-electron chi connectivity index (χ0n) is 10.6. The van der Waals surface area contributed by atoms with Crippen LogP contribution in [0.5, 0.6) is 0 Å². The molecular weight excluding hydrogens is 259 g/mol. The van der Waals surface area contributed by atoms with Crippen molar-refractivity contribution in [2.75, 3.05) is 11.1 Å². The quantitative estimate of drug-likeness (QED) is 0.875. The van der Waals surface area contributed by atoms with Crippen LogP contribution in [0.25, 0.3) is 0 Å². The van der Waals surface area contributed by atoms with Gasteiger partial charge in [-0.1, -0.05) is 6.07 Å². The van der Waals surface area contributed by atoms with Crippen LogP contribution in [0, 0.1) is 24.1 Å². The number of nitrogens with one attached hydrogen (secondary N) is 1. The van der Waals surface area contributed by atoms with Crippen molar-refractivity contribution in [3.8, 4) is 6.07 Å². The highest BCUT2D eigenvalue weighted by Gasteiger charge is 2.13. The molecule has 0 radical (unpaired) electrons. The van der Waals surface area contributed by atoms with Crippen LogP contribution < -0.4 is 11.1 Å². The second-order valence-electron chi connectivity index (χ2n) is 4.18. The lowest BCUT2D eigenvalue weighted by atomic mass is 10.1. The maximum absolute atomic E-state index is 13.1. The summed E-state index contributed by atoms with van der Waals surface area (Å²) in [6.07, 6.45) is 0.938. The van der Waals surface area contributed by atoms with Crippen molar-refractivity contribution >= 4 is 17.4 Å². The third-order valence-corrected chi connectivity index (χ3v) is 2.74. The van der Waals surface area contributed by atoms with Gasteiger partial charge in [0.15, 0.2) is 0 Å². The van der Waals surface area contributed by atoms with E-state index in [0.29, 0.717) is 11.3 Å². The van der Waals surface area contributed by atoms with Crippen LogP contribution in [0.3, 0.4) is 0 Å². The van der Waals surface area contributed by atoms with E-state index in [0.717, 1.165) is 17.8 Å². The maximum Gasteiger partial charge on any atom is 0.259 e. The van der Waals surface area contributed by atoms with Gasteiger partial charge in [0, 0.05) is 5.69 Å². The minimum atomic E-state index is -0.646. The third kappa shape index (κ3) is 2.72. The molecule has 3 N–H and O–H groups in total. The molecule has 5 nitrogen and oxygen atoms in total. The molecule has 1 heterocycles. The Kier molecular flexibility index (Phi) is 3.62. The predicted octanol–water partition coefficient (Wildman–Crippen LogP) is 2.24. The van der Waals surface area contributed by atoms with Crippen LogP contribution in [-0.2, 0) is 0 Å². The summed E-state index contributed by atoms with van der Waals surface area (Å²) in [6, 6.07) is 7.88. The zero-order chi connectivity index (χ0) is 14.7. The molecule has 2 aromatic rings. The Labute approximate surface area is 114 Å². The fourth-order valence-electron chi connectivity index (χ4n) is 1.65. The van der Waals surface area contributed by atoms with E-state index >= 15 is 0 Å². The van der Waals surface area contributed by atoms with Gasteiger partial charge in [0.25, 0.3) is 5.91 Å². The molecule has 0 unspecified atom stereocenters. The van der Waals surface area contributed by atoms with Crippen LogP contribution in [0.15, 0.2) is 30.5 Å². The van der Waals surface area contributed by atoms with Crippen molar-refractivity contribution in [3.05, 3.63) is 53.0 Å². The summed E-state index contributed by atoms with van der Waals surface area (Å²) < 4.78 is 13.1. The molecule has 0 saturated carbocycles. The number of nitrogens with zero attached hydrogens (tertiary/aromatic N) is 2. The monoisotopic (exact) mass is 270 g/mol. The van der Waals surface area contributed by atoms with Crippen molar-refractivity contribution in [1.82, 2.24) is 4.98 Å². The van der Waals surface area contributed by atoms with Crippen LogP contribution in [0.4, 0.5) is 15.9 Å². The molecule has 20 heavy (non-hydrogen) atoms. The van der Waals surface area contributed by atoms with E-state index < -0.39 is 11.7 Å². The van der Waals surface area contributed by atoms with Crippen molar-refractivity contribution < 1.29 is 9.18 Å². The molecule has 0 spiro atoms. The number of amides is 1. The fraction of sp³-hybridized carbons (Fsp3) is 0.0714. The summed E-state index contributed by atoms with van der Waals surface area (Å²) in [7, 11) is 0. The van der Waals surface area contributed by atoms with Crippen molar-refractivity contribution in [3.63, 3.8) is 0 Å². The van der Waals surface area contributed by atoms with Gasteiger partial charge in [-0.05, 0) is 30.7 Å². The smallest absolute Gasteiger partial charge is 0.259 e. The number of pyridine rings is 1. The van der Waals surface area contributed by atoms with Gasteiger partial charge in [0.2, 0.25) is 0 Å². The van der Waals surface area contributed by atoms with Gasteiger partial charge in [-0.3, -0.25) is 4.79 Å². The average molecular weight is 270 g/mol. The molecule has 2 rings (SSSR count). The Morgan fingerprint density at radius 1 is 1.45 bits per heavy atom. The molecule has 6 heteroatoms. The lowest BCUT2D eigenvalue weighted by Gasteiger charge is -2.09. The number of aryl methyl sites for hydroxylation is 1. The Bertz CT molecular complexity index is 722. The maximum atomic E-state index is 13.1. The lowest BCUT2D eigenvalue weighted by molar-refractivity contribution is 0.102. The average Bonchev–Trinajstić information content (AvgIpc) is 2.43. The molecule has 1 amide bonds. The Morgan fingerprint density at radius 3 is 2.90 bits per heavy atom. The molecule has 0 aliphatic rings. The number of nitrogens with two attached hydrogens (primary N) is 1. The fourth-order valence-corrected chi connectivity index (χ4v) is 1.65. The summed E-state index contributed by atoms with van der Waals surface area (Å²) in [4.78, 5) is 15.6. The first kappa shape index (κ1) is 13.5. The number of anilines is 2. The second-order valence-corrected chi connectivity index (χ2v) is 4.18. The van der Waals surface area contributed by atoms with Crippen LogP contribution in [0.2, 0.25) is 0 Å². The first-order valence-electron chi connectivity index (χ1n) is 5.74. The van der Waals surface area contributed by atoms with E-state index in [2.05, 4.69) is 10.3 Å². The van der Waals surface area contributed by atoms with Gasteiger partial charge in [0.1, 0.15) is 11.6 Å². The highest BCUT2D eigenvalue weighted by Crippen LogP contribution is 2.19. The van der Waals surface area contributed by atoms with Gasteiger partial charge in [-0.15, -0.1) is 0 Å². The van der Waals surface area contributed by atoms with Crippen molar-refractivity contribution in [2.45, 2.75) is 6.92 Å². The van der Waals surface area contributed by atoms with Gasteiger partial charge >= 0.3 is 0 Å². The first-order chi connectivity index (χ1) is 9.51. The Morgan fingerprint density at radius 2 is 2.20 bits per heavy atom. The predicted molar refractivity (Wildman–Crippen MR) is 72.5 cm³/mol.